The number of anilines is 1. The standard InChI is InChI=1S/C15H23N3O2S/c1-3-20-14(19)12-10-17-15(21-2)18-13(12)16-9-11-7-5-4-6-8-11/h10-11H,3-9H2,1-2H3,(H,16,17,18). The fourth-order valence-corrected chi connectivity index (χ4v) is 2.93. The lowest BCUT2D eigenvalue weighted by Crippen LogP contribution is -2.20. The number of hydrogen-bond donors (Lipinski definition) is 1. The van der Waals surface area contributed by atoms with Gasteiger partial charge in [0.1, 0.15) is 11.4 Å². The van der Waals surface area contributed by atoms with Gasteiger partial charge in [0.15, 0.2) is 5.16 Å². The van der Waals surface area contributed by atoms with Crippen LogP contribution in [0.5, 0.6) is 0 Å². The SMILES string of the molecule is CCOC(=O)c1cnc(SC)nc1NCC1CCCCC1. The Hall–Kier alpha value is -1.30. The molecule has 0 aromatic carbocycles. The molecule has 0 radical (unpaired) electrons. The quantitative estimate of drug-likeness (QED) is 0.494. The molecule has 116 valence electrons. The summed E-state index contributed by atoms with van der Waals surface area (Å²) in [6, 6.07) is 0. The number of carbonyl (C=O) groups excluding carboxylic acids is 1. The number of nitrogens with zero attached hydrogens (tertiary/aromatic N) is 2. The van der Waals surface area contributed by atoms with E-state index in [1.807, 2.05) is 6.26 Å². The molecule has 1 aliphatic rings. The number of rotatable bonds is 6. The molecule has 1 N–H and O–H groups in total. The van der Waals surface area contributed by atoms with Crippen molar-refractivity contribution in [1.29, 1.82) is 0 Å². The van der Waals surface area contributed by atoms with Gasteiger partial charge in [-0.05, 0) is 31.9 Å². The fraction of sp³-hybridized carbons (Fsp3) is 0.667. The van der Waals surface area contributed by atoms with E-state index < -0.39 is 0 Å². The van der Waals surface area contributed by atoms with Gasteiger partial charge in [0, 0.05) is 12.7 Å². The van der Waals surface area contributed by atoms with Crippen LogP contribution in [0, 0.1) is 5.92 Å². The van der Waals surface area contributed by atoms with Crippen molar-refractivity contribution in [3.63, 3.8) is 0 Å². The zero-order chi connectivity index (χ0) is 15.1. The van der Waals surface area contributed by atoms with Crippen LogP contribution in [0.4, 0.5) is 5.82 Å². The summed E-state index contributed by atoms with van der Waals surface area (Å²) in [7, 11) is 0. The number of aromatic nitrogens is 2. The topological polar surface area (TPSA) is 64.1 Å². The number of nitrogens with one attached hydrogen (secondary N) is 1. The minimum atomic E-state index is -0.365. The van der Waals surface area contributed by atoms with Crippen LogP contribution in [0.2, 0.25) is 0 Å². The van der Waals surface area contributed by atoms with Crippen molar-refractivity contribution in [3.8, 4) is 0 Å². The summed E-state index contributed by atoms with van der Waals surface area (Å²) in [5, 5.41) is 3.99. The Morgan fingerprint density at radius 3 is 2.86 bits per heavy atom. The highest BCUT2D eigenvalue weighted by atomic mass is 32.2. The van der Waals surface area contributed by atoms with Gasteiger partial charge in [-0.15, -0.1) is 0 Å². The molecule has 2 rings (SSSR count). The number of thioether (sulfide) groups is 1. The zero-order valence-corrected chi connectivity index (χ0v) is 13.5. The van der Waals surface area contributed by atoms with E-state index in [0.717, 1.165) is 6.54 Å². The monoisotopic (exact) mass is 309 g/mol. The smallest absolute Gasteiger partial charge is 0.343 e. The van der Waals surface area contributed by atoms with Crippen LogP contribution in [-0.2, 0) is 4.74 Å². The molecule has 1 aromatic heterocycles. The molecule has 6 heteroatoms. The van der Waals surface area contributed by atoms with Crippen LogP contribution in [0.25, 0.3) is 0 Å². The van der Waals surface area contributed by atoms with Crippen molar-refractivity contribution in [1.82, 2.24) is 9.97 Å². The van der Waals surface area contributed by atoms with E-state index in [1.54, 1.807) is 13.1 Å². The predicted molar refractivity (Wildman–Crippen MR) is 84.8 cm³/mol. The second-order valence-corrected chi connectivity index (χ2v) is 6.00. The van der Waals surface area contributed by atoms with Crippen molar-refractivity contribution >= 4 is 23.5 Å². The maximum atomic E-state index is 12.0. The van der Waals surface area contributed by atoms with Gasteiger partial charge in [-0.1, -0.05) is 31.0 Å². The Morgan fingerprint density at radius 2 is 2.19 bits per heavy atom. The number of ether oxygens (including phenoxy) is 1. The molecule has 0 spiro atoms. The summed E-state index contributed by atoms with van der Waals surface area (Å²) >= 11 is 1.46. The van der Waals surface area contributed by atoms with Crippen LogP contribution < -0.4 is 5.32 Å². The summed E-state index contributed by atoms with van der Waals surface area (Å²) in [5.74, 6) is 0.899. The molecule has 0 saturated heterocycles. The molecule has 1 heterocycles. The molecule has 1 aliphatic carbocycles. The van der Waals surface area contributed by atoms with E-state index in [4.69, 9.17) is 4.74 Å². The Morgan fingerprint density at radius 1 is 1.43 bits per heavy atom. The first kappa shape index (κ1) is 16.1. The molecule has 1 aromatic rings. The molecule has 1 fully saturated rings. The molecular formula is C15H23N3O2S. The molecule has 0 atom stereocenters. The average molecular weight is 309 g/mol. The van der Waals surface area contributed by atoms with E-state index >= 15 is 0 Å². The predicted octanol–water partition coefficient (Wildman–Crippen LogP) is 3.37. The van der Waals surface area contributed by atoms with Crippen LogP contribution in [0.1, 0.15) is 49.4 Å². The molecule has 0 unspecified atom stereocenters. The van der Waals surface area contributed by atoms with Crippen molar-refractivity contribution < 1.29 is 9.53 Å². The summed E-state index contributed by atoms with van der Waals surface area (Å²) in [4.78, 5) is 20.6. The highest BCUT2D eigenvalue weighted by Crippen LogP contribution is 2.25. The lowest BCUT2D eigenvalue weighted by atomic mass is 9.89. The van der Waals surface area contributed by atoms with Gasteiger partial charge < -0.3 is 10.1 Å². The first-order chi connectivity index (χ1) is 10.2. The van der Waals surface area contributed by atoms with Crippen molar-refractivity contribution in [2.24, 2.45) is 5.92 Å². The van der Waals surface area contributed by atoms with Crippen molar-refractivity contribution in [2.75, 3.05) is 24.7 Å². The minimum absolute atomic E-state index is 0.352. The highest BCUT2D eigenvalue weighted by Gasteiger charge is 2.18. The molecule has 21 heavy (non-hydrogen) atoms. The van der Waals surface area contributed by atoms with Gasteiger partial charge in [-0.25, -0.2) is 14.8 Å². The largest absolute Gasteiger partial charge is 0.462 e. The van der Waals surface area contributed by atoms with Crippen molar-refractivity contribution in [3.05, 3.63) is 11.8 Å². The summed E-state index contributed by atoms with van der Waals surface area (Å²) < 4.78 is 5.07. The number of esters is 1. The van der Waals surface area contributed by atoms with E-state index in [1.165, 1.54) is 43.9 Å². The lowest BCUT2D eigenvalue weighted by molar-refractivity contribution is 0.0526. The molecule has 5 nitrogen and oxygen atoms in total. The zero-order valence-electron chi connectivity index (χ0n) is 12.7. The second kappa shape index (κ2) is 8.22. The van der Waals surface area contributed by atoms with E-state index in [0.29, 0.717) is 29.1 Å². The molecule has 0 bridgehead atoms. The Balaban J connectivity index is 2.08. The van der Waals surface area contributed by atoms with Crippen molar-refractivity contribution in [2.45, 2.75) is 44.2 Å². The Bertz CT molecular complexity index is 476. The van der Waals surface area contributed by atoms with Gasteiger partial charge in [-0.2, -0.15) is 0 Å². The summed E-state index contributed by atoms with van der Waals surface area (Å²) in [6.07, 6.45) is 9.93. The third-order valence-electron chi connectivity index (χ3n) is 3.73. The van der Waals surface area contributed by atoms with Gasteiger partial charge >= 0.3 is 5.97 Å². The molecule has 0 aliphatic heterocycles. The van der Waals surface area contributed by atoms with Gasteiger partial charge in [0.25, 0.3) is 0 Å². The maximum absolute atomic E-state index is 12.0. The highest BCUT2D eigenvalue weighted by molar-refractivity contribution is 7.98. The molecule has 0 amide bonds. The number of carbonyl (C=O) groups is 1. The maximum Gasteiger partial charge on any atom is 0.343 e. The first-order valence-electron chi connectivity index (χ1n) is 7.56. The third-order valence-corrected chi connectivity index (χ3v) is 4.29. The first-order valence-corrected chi connectivity index (χ1v) is 8.79. The van der Waals surface area contributed by atoms with Crippen LogP contribution in [0.15, 0.2) is 11.4 Å². The van der Waals surface area contributed by atoms with Gasteiger partial charge in [0.05, 0.1) is 6.61 Å². The Kier molecular flexibility index (Phi) is 6.29. The van der Waals surface area contributed by atoms with E-state index in [9.17, 15) is 4.79 Å². The Labute approximate surface area is 130 Å². The lowest BCUT2D eigenvalue weighted by Gasteiger charge is -2.22. The third kappa shape index (κ3) is 4.59. The van der Waals surface area contributed by atoms with Crippen LogP contribution in [0.3, 0.4) is 0 Å². The van der Waals surface area contributed by atoms with E-state index in [2.05, 4.69) is 15.3 Å². The van der Waals surface area contributed by atoms with Crippen LogP contribution in [-0.4, -0.2) is 35.3 Å². The van der Waals surface area contributed by atoms with E-state index in [-0.39, 0.29) is 5.97 Å². The van der Waals surface area contributed by atoms with Crippen LogP contribution >= 0.6 is 11.8 Å². The summed E-state index contributed by atoms with van der Waals surface area (Å²) in [5.41, 5.74) is 0.422. The molecular weight excluding hydrogens is 286 g/mol. The summed E-state index contributed by atoms with van der Waals surface area (Å²) in [6.45, 7) is 3.01. The molecule has 1 saturated carbocycles. The van der Waals surface area contributed by atoms with Gasteiger partial charge in [0.2, 0.25) is 0 Å². The minimum Gasteiger partial charge on any atom is -0.462 e. The number of hydrogen-bond acceptors (Lipinski definition) is 6. The van der Waals surface area contributed by atoms with Gasteiger partial charge in [-0.3, -0.25) is 0 Å². The second-order valence-electron chi connectivity index (χ2n) is 5.22. The normalized spacial score (nSPS) is 15.7. The average Bonchev–Trinajstić information content (AvgIpc) is 2.53. The fourth-order valence-electron chi connectivity index (χ4n) is 2.59.